The molecule has 0 saturated carbocycles. The van der Waals surface area contributed by atoms with E-state index in [4.69, 9.17) is 0 Å². The average molecular weight is 327 g/mol. The van der Waals surface area contributed by atoms with Crippen LogP contribution in [0.3, 0.4) is 0 Å². The summed E-state index contributed by atoms with van der Waals surface area (Å²) in [6.45, 7) is 4.25. The van der Waals surface area contributed by atoms with Crippen LogP contribution in [0.5, 0.6) is 0 Å². The zero-order valence-electron chi connectivity index (χ0n) is 13.4. The molecule has 2 aliphatic rings. The third-order valence-corrected chi connectivity index (χ3v) is 6.05. The van der Waals surface area contributed by atoms with Crippen LogP contribution in [0.25, 0.3) is 0 Å². The van der Waals surface area contributed by atoms with Crippen LogP contribution in [0.4, 0.5) is 0 Å². The number of sulfonamides is 1. The van der Waals surface area contributed by atoms with Gasteiger partial charge >= 0.3 is 0 Å². The number of hydrogen-bond donors (Lipinski definition) is 0. The number of aromatic nitrogens is 3. The Kier molecular flexibility index (Phi) is 4.52. The molecular formula is C14H25N5O2S. The van der Waals surface area contributed by atoms with Gasteiger partial charge in [0.25, 0.3) is 0 Å². The van der Waals surface area contributed by atoms with Crippen molar-refractivity contribution in [2.75, 3.05) is 32.4 Å². The zero-order valence-corrected chi connectivity index (χ0v) is 14.2. The molecule has 0 spiro atoms. The van der Waals surface area contributed by atoms with Gasteiger partial charge in [0.15, 0.2) is 0 Å². The maximum absolute atomic E-state index is 11.8. The van der Waals surface area contributed by atoms with E-state index in [1.54, 1.807) is 4.31 Å². The van der Waals surface area contributed by atoms with E-state index in [1.165, 1.54) is 19.1 Å². The molecule has 2 aliphatic heterocycles. The highest BCUT2D eigenvalue weighted by molar-refractivity contribution is 7.88. The van der Waals surface area contributed by atoms with Gasteiger partial charge in [0.05, 0.1) is 12.8 Å². The van der Waals surface area contributed by atoms with Crippen LogP contribution in [0, 0.1) is 0 Å². The topological polar surface area (TPSA) is 71.3 Å². The van der Waals surface area contributed by atoms with Crippen molar-refractivity contribution in [1.29, 1.82) is 0 Å². The molecule has 3 heterocycles. The minimum atomic E-state index is -3.12. The first kappa shape index (κ1) is 15.9. The largest absolute Gasteiger partial charge is 0.317 e. The predicted molar refractivity (Wildman–Crippen MR) is 83.9 cm³/mol. The highest BCUT2D eigenvalue weighted by Gasteiger charge is 2.30. The summed E-state index contributed by atoms with van der Waals surface area (Å²) in [5.41, 5.74) is 0. The van der Waals surface area contributed by atoms with Crippen LogP contribution < -0.4 is 0 Å². The predicted octanol–water partition coefficient (Wildman–Crippen LogP) is 0.550. The lowest BCUT2D eigenvalue weighted by atomic mass is 9.99. The number of rotatable bonds is 4. The maximum atomic E-state index is 11.8. The van der Waals surface area contributed by atoms with Crippen molar-refractivity contribution in [3.63, 3.8) is 0 Å². The SMILES string of the molecule is Cn1c(CN2CCCC2)nnc1C1CCCN(S(C)(=O)=O)C1. The van der Waals surface area contributed by atoms with E-state index >= 15 is 0 Å². The quantitative estimate of drug-likeness (QED) is 0.808. The van der Waals surface area contributed by atoms with Gasteiger partial charge in [0.2, 0.25) is 10.0 Å². The molecule has 0 aromatic carbocycles. The lowest BCUT2D eigenvalue weighted by Crippen LogP contribution is -2.39. The molecule has 0 N–H and O–H groups in total. The van der Waals surface area contributed by atoms with Crippen molar-refractivity contribution in [3.05, 3.63) is 11.6 Å². The fraction of sp³-hybridized carbons (Fsp3) is 0.857. The highest BCUT2D eigenvalue weighted by Crippen LogP contribution is 2.27. The molecular weight excluding hydrogens is 302 g/mol. The first-order chi connectivity index (χ1) is 10.4. The molecule has 0 radical (unpaired) electrons. The molecule has 2 fully saturated rings. The van der Waals surface area contributed by atoms with Gasteiger partial charge in [-0.1, -0.05) is 0 Å². The van der Waals surface area contributed by atoms with E-state index in [0.717, 1.165) is 44.1 Å². The molecule has 1 atom stereocenters. The summed E-state index contributed by atoms with van der Waals surface area (Å²) in [7, 11) is -1.12. The third kappa shape index (κ3) is 3.33. The number of hydrogen-bond acceptors (Lipinski definition) is 5. The Morgan fingerprint density at radius 2 is 1.86 bits per heavy atom. The molecule has 0 bridgehead atoms. The summed E-state index contributed by atoms with van der Waals surface area (Å²) in [6, 6.07) is 0. The second-order valence-corrected chi connectivity index (χ2v) is 8.46. The summed E-state index contributed by atoms with van der Waals surface area (Å²) < 4.78 is 27.1. The summed E-state index contributed by atoms with van der Waals surface area (Å²) >= 11 is 0. The van der Waals surface area contributed by atoms with Gasteiger partial charge in [-0.25, -0.2) is 12.7 Å². The second-order valence-electron chi connectivity index (χ2n) is 6.48. The van der Waals surface area contributed by atoms with Gasteiger partial charge in [0, 0.05) is 26.1 Å². The first-order valence-electron chi connectivity index (χ1n) is 8.01. The molecule has 22 heavy (non-hydrogen) atoms. The molecule has 2 saturated heterocycles. The standard InChI is InChI=1S/C14H25N5O2S/c1-17-13(11-18-7-3-4-8-18)15-16-14(17)12-6-5-9-19(10-12)22(2,20)21/h12H,3-11H2,1-2H3. The summed E-state index contributed by atoms with van der Waals surface area (Å²) in [6.07, 6.45) is 5.66. The fourth-order valence-corrected chi connectivity index (χ4v) is 4.38. The third-order valence-electron chi connectivity index (χ3n) is 4.78. The zero-order chi connectivity index (χ0) is 15.7. The lowest BCUT2D eigenvalue weighted by molar-refractivity contribution is 0.303. The monoisotopic (exact) mass is 327 g/mol. The lowest BCUT2D eigenvalue weighted by Gasteiger charge is -2.30. The van der Waals surface area contributed by atoms with Crippen molar-refractivity contribution >= 4 is 10.0 Å². The maximum Gasteiger partial charge on any atom is 0.211 e. The molecule has 0 aliphatic carbocycles. The van der Waals surface area contributed by atoms with Crippen LogP contribution in [0.2, 0.25) is 0 Å². The van der Waals surface area contributed by atoms with Crippen LogP contribution in [0.1, 0.15) is 43.3 Å². The van der Waals surface area contributed by atoms with Crippen LogP contribution in [-0.2, 0) is 23.6 Å². The normalized spacial score (nSPS) is 24.9. The van der Waals surface area contributed by atoms with E-state index in [-0.39, 0.29) is 5.92 Å². The summed E-state index contributed by atoms with van der Waals surface area (Å²) in [5.74, 6) is 2.05. The first-order valence-corrected chi connectivity index (χ1v) is 9.85. The molecule has 1 aromatic heterocycles. The Bertz CT molecular complexity index is 621. The molecule has 1 aromatic rings. The van der Waals surface area contributed by atoms with Gasteiger partial charge in [-0.2, -0.15) is 0 Å². The van der Waals surface area contributed by atoms with Crippen molar-refractivity contribution in [2.45, 2.75) is 38.1 Å². The number of likely N-dealkylation sites (tertiary alicyclic amines) is 1. The summed E-state index contributed by atoms with van der Waals surface area (Å²) in [4.78, 5) is 2.40. The fourth-order valence-electron chi connectivity index (χ4n) is 3.46. The average Bonchev–Trinajstić information content (AvgIpc) is 3.10. The molecule has 124 valence electrons. The van der Waals surface area contributed by atoms with Gasteiger partial charge < -0.3 is 4.57 Å². The van der Waals surface area contributed by atoms with Crippen molar-refractivity contribution in [1.82, 2.24) is 24.0 Å². The second kappa shape index (κ2) is 6.25. The van der Waals surface area contributed by atoms with Gasteiger partial charge in [0.1, 0.15) is 11.6 Å². The van der Waals surface area contributed by atoms with Crippen LogP contribution in [0.15, 0.2) is 0 Å². The Morgan fingerprint density at radius 1 is 1.14 bits per heavy atom. The van der Waals surface area contributed by atoms with E-state index in [2.05, 4.69) is 19.7 Å². The minimum absolute atomic E-state index is 0.147. The smallest absolute Gasteiger partial charge is 0.211 e. The van der Waals surface area contributed by atoms with E-state index < -0.39 is 10.0 Å². The Balaban J connectivity index is 1.73. The van der Waals surface area contributed by atoms with E-state index in [9.17, 15) is 8.42 Å². The van der Waals surface area contributed by atoms with Crippen LogP contribution >= 0.6 is 0 Å². The number of nitrogens with zero attached hydrogens (tertiary/aromatic N) is 5. The molecule has 8 heteroatoms. The Labute approximate surface area is 132 Å². The van der Waals surface area contributed by atoms with Crippen molar-refractivity contribution < 1.29 is 8.42 Å². The molecule has 7 nitrogen and oxygen atoms in total. The molecule has 0 amide bonds. The molecule has 3 rings (SSSR count). The van der Waals surface area contributed by atoms with E-state index in [0.29, 0.717) is 13.1 Å². The minimum Gasteiger partial charge on any atom is -0.317 e. The van der Waals surface area contributed by atoms with Gasteiger partial charge in [-0.15, -0.1) is 10.2 Å². The Hall–Kier alpha value is -0.990. The number of piperidine rings is 1. The van der Waals surface area contributed by atoms with E-state index in [1.807, 2.05) is 7.05 Å². The summed E-state index contributed by atoms with van der Waals surface area (Å²) in [5, 5.41) is 8.71. The van der Waals surface area contributed by atoms with Crippen LogP contribution in [-0.4, -0.2) is 64.8 Å². The highest BCUT2D eigenvalue weighted by atomic mass is 32.2. The van der Waals surface area contributed by atoms with Gasteiger partial charge in [-0.05, 0) is 38.8 Å². The molecule has 1 unspecified atom stereocenters. The van der Waals surface area contributed by atoms with Gasteiger partial charge in [-0.3, -0.25) is 4.90 Å². The Morgan fingerprint density at radius 3 is 2.55 bits per heavy atom. The van der Waals surface area contributed by atoms with Crippen molar-refractivity contribution in [2.24, 2.45) is 7.05 Å². The van der Waals surface area contributed by atoms with Crippen molar-refractivity contribution in [3.8, 4) is 0 Å².